The molecule has 3 heterocycles. The highest BCUT2D eigenvalue weighted by Gasteiger charge is 2.53. The lowest BCUT2D eigenvalue weighted by atomic mass is 9.92. The van der Waals surface area contributed by atoms with E-state index in [4.69, 9.17) is 4.74 Å². The first-order valence-corrected chi connectivity index (χ1v) is 10.9. The lowest BCUT2D eigenvalue weighted by Gasteiger charge is -2.52. The third-order valence-corrected chi connectivity index (χ3v) is 7.10. The van der Waals surface area contributed by atoms with Crippen molar-refractivity contribution in [2.45, 2.75) is 24.6 Å². The molecule has 1 saturated heterocycles. The number of quaternary nitrogens is 1. The number of para-hydroxylation sites is 1. The van der Waals surface area contributed by atoms with E-state index < -0.39 is 0 Å². The minimum atomic E-state index is -0.304. The van der Waals surface area contributed by atoms with Gasteiger partial charge < -0.3 is 14.6 Å². The summed E-state index contributed by atoms with van der Waals surface area (Å²) >= 11 is 0. The monoisotopic (exact) mass is 398 g/mol. The van der Waals surface area contributed by atoms with Crippen molar-refractivity contribution in [3.63, 3.8) is 0 Å². The van der Waals surface area contributed by atoms with Gasteiger partial charge in [0.2, 0.25) is 0 Å². The molecular formula is C26H28N3O+. The van der Waals surface area contributed by atoms with Gasteiger partial charge in [0.15, 0.2) is 5.72 Å². The van der Waals surface area contributed by atoms with Crippen molar-refractivity contribution < 1.29 is 9.22 Å². The molecule has 4 nitrogen and oxygen atoms in total. The van der Waals surface area contributed by atoms with Crippen molar-refractivity contribution in [3.05, 3.63) is 83.9 Å². The zero-order chi connectivity index (χ0) is 20.3. The second kappa shape index (κ2) is 6.34. The number of fused-ring (bicyclic) bond motifs is 5. The van der Waals surface area contributed by atoms with Crippen molar-refractivity contribution in [2.24, 2.45) is 0 Å². The molecule has 0 saturated carbocycles. The summed E-state index contributed by atoms with van der Waals surface area (Å²) in [7, 11) is 4.63. The van der Waals surface area contributed by atoms with E-state index in [9.17, 15) is 0 Å². The third kappa shape index (κ3) is 2.75. The molecule has 3 aliphatic rings. The molecule has 0 bridgehead atoms. The average molecular weight is 399 g/mol. The van der Waals surface area contributed by atoms with E-state index in [1.165, 1.54) is 27.6 Å². The van der Waals surface area contributed by atoms with Crippen molar-refractivity contribution in [1.82, 2.24) is 10.4 Å². The van der Waals surface area contributed by atoms with Gasteiger partial charge in [0, 0.05) is 5.56 Å². The van der Waals surface area contributed by atoms with E-state index >= 15 is 0 Å². The molecule has 0 aromatic heterocycles. The van der Waals surface area contributed by atoms with Gasteiger partial charge in [0.05, 0.1) is 51.8 Å². The van der Waals surface area contributed by atoms with Gasteiger partial charge in [-0.3, -0.25) is 0 Å². The van der Waals surface area contributed by atoms with Gasteiger partial charge in [-0.15, -0.1) is 0 Å². The lowest BCUT2D eigenvalue weighted by Crippen LogP contribution is -2.65. The molecule has 0 amide bonds. The number of ether oxygens (including phenoxy) is 1. The molecule has 3 aromatic carbocycles. The van der Waals surface area contributed by atoms with E-state index in [2.05, 4.69) is 97.3 Å². The number of nitrogens with one attached hydrogen (secondary N) is 1. The van der Waals surface area contributed by atoms with Crippen LogP contribution in [0, 0.1) is 0 Å². The van der Waals surface area contributed by atoms with E-state index in [-0.39, 0.29) is 11.8 Å². The molecule has 30 heavy (non-hydrogen) atoms. The van der Waals surface area contributed by atoms with E-state index in [0.29, 0.717) is 0 Å². The fraction of sp³-hybridized carbons (Fsp3) is 0.308. The first kappa shape index (κ1) is 18.0. The second-order valence-corrected chi connectivity index (χ2v) is 9.54. The van der Waals surface area contributed by atoms with Crippen LogP contribution in [0.3, 0.4) is 0 Å². The van der Waals surface area contributed by atoms with Gasteiger partial charge >= 0.3 is 0 Å². The second-order valence-electron chi connectivity index (χ2n) is 9.54. The summed E-state index contributed by atoms with van der Waals surface area (Å²) in [6, 6.07) is 24.0. The molecule has 4 heteroatoms. The predicted octanol–water partition coefficient (Wildman–Crippen LogP) is 4.70. The Morgan fingerprint density at radius 3 is 2.50 bits per heavy atom. The van der Waals surface area contributed by atoms with Crippen LogP contribution in [0.15, 0.2) is 72.8 Å². The van der Waals surface area contributed by atoms with Crippen LogP contribution in [0.5, 0.6) is 5.75 Å². The number of rotatable bonds is 1. The molecular weight excluding hydrogens is 370 g/mol. The number of hydrogen-bond donors (Lipinski definition) is 1. The molecule has 152 valence electrons. The van der Waals surface area contributed by atoms with E-state index in [1.807, 2.05) is 0 Å². The highest BCUT2D eigenvalue weighted by Crippen LogP contribution is 2.48. The summed E-state index contributed by atoms with van der Waals surface area (Å²) in [4.78, 5) is 0. The largest absolute Gasteiger partial charge is 0.470 e. The van der Waals surface area contributed by atoms with Crippen LogP contribution in [0.2, 0.25) is 0 Å². The Hall–Kier alpha value is -2.82. The Kier molecular flexibility index (Phi) is 3.80. The summed E-state index contributed by atoms with van der Waals surface area (Å²) in [5.41, 5.74) is 7.10. The summed E-state index contributed by atoms with van der Waals surface area (Å²) in [5.74, 6) is 1.03. The first-order valence-electron chi connectivity index (χ1n) is 10.9. The van der Waals surface area contributed by atoms with Crippen LogP contribution >= 0.6 is 0 Å². The maximum Gasteiger partial charge on any atom is 0.191 e. The van der Waals surface area contributed by atoms with Crippen molar-refractivity contribution in [3.8, 4) is 5.75 Å². The fourth-order valence-electron chi connectivity index (χ4n) is 5.18. The molecule has 0 aliphatic carbocycles. The van der Waals surface area contributed by atoms with Crippen LogP contribution in [-0.4, -0.2) is 42.4 Å². The molecule has 3 aliphatic heterocycles. The topological polar surface area (TPSA) is 24.5 Å². The number of hydrogen-bond acceptors (Lipinski definition) is 3. The van der Waals surface area contributed by atoms with Gasteiger partial charge in [-0.1, -0.05) is 54.6 Å². The molecule has 6 rings (SSSR count). The first-order chi connectivity index (χ1) is 14.5. The standard InChI is InChI=1S/C26H28N3O/c1-29(2)15-13-26(14-16-29)28-24(22-9-5-6-10-25(22)30-26)18-23(27-28)21-12-11-19-7-3-4-8-20(19)17-21/h3-12,17-18,24,27H,13-16H2,1-2H3/q+1/t24-/m0/s1. The Labute approximate surface area is 177 Å². The van der Waals surface area contributed by atoms with Gasteiger partial charge in [-0.05, 0) is 34.5 Å². The Balaban J connectivity index is 1.42. The van der Waals surface area contributed by atoms with Crippen molar-refractivity contribution >= 4 is 16.5 Å². The smallest absolute Gasteiger partial charge is 0.191 e. The van der Waals surface area contributed by atoms with Crippen molar-refractivity contribution in [2.75, 3.05) is 27.2 Å². The SMILES string of the molecule is C[N+]1(C)CCC2(CC1)Oc1ccccc1[C@@H]1C=C(c3ccc4ccccc4c3)NN12. The van der Waals surface area contributed by atoms with Crippen LogP contribution in [0.25, 0.3) is 16.5 Å². The molecule has 3 aromatic rings. The zero-order valence-corrected chi connectivity index (χ0v) is 17.6. The average Bonchev–Trinajstić information content (AvgIpc) is 3.22. The summed E-state index contributed by atoms with van der Waals surface area (Å²) in [5, 5.41) is 4.93. The number of piperidine rings is 1. The molecule has 0 unspecified atom stereocenters. The van der Waals surface area contributed by atoms with E-state index in [0.717, 1.165) is 36.2 Å². The van der Waals surface area contributed by atoms with Gasteiger partial charge in [0.25, 0.3) is 0 Å². The molecule has 1 N–H and O–H groups in total. The van der Waals surface area contributed by atoms with Crippen LogP contribution < -0.4 is 10.2 Å². The highest BCUT2D eigenvalue weighted by atomic mass is 16.5. The fourth-order valence-corrected chi connectivity index (χ4v) is 5.18. The van der Waals surface area contributed by atoms with Crippen LogP contribution in [0.4, 0.5) is 0 Å². The zero-order valence-electron chi connectivity index (χ0n) is 17.6. The van der Waals surface area contributed by atoms with Gasteiger partial charge in [0.1, 0.15) is 5.75 Å². The van der Waals surface area contributed by atoms with Crippen LogP contribution in [-0.2, 0) is 0 Å². The van der Waals surface area contributed by atoms with E-state index in [1.54, 1.807) is 0 Å². The van der Waals surface area contributed by atoms with Gasteiger partial charge in [-0.25, -0.2) is 0 Å². The Morgan fingerprint density at radius 2 is 1.67 bits per heavy atom. The summed E-state index contributed by atoms with van der Waals surface area (Å²) < 4.78 is 7.79. The molecule has 0 radical (unpaired) electrons. The third-order valence-electron chi connectivity index (χ3n) is 7.10. The number of nitrogens with zero attached hydrogens (tertiary/aromatic N) is 2. The lowest BCUT2D eigenvalue weighted by molar-refractivity contribution is -0.898. The van der Waals surface area contributed by atoms with Gasteiger partial charge in [-0.2, -0.15) is 5.01 Å². The number of likely N-dealkylation sites (tertiary alicyclic amines) is 1. The Morgan fingerprint density at radius 1 is 0.933 bits per heavy atom. The summed E-state index contributed by atoms with van der Waals surface area (Å²) in [6.45, 7) is 2.22. The maximum absolute atomic E-state index is 6.74. The number of hydrazine groups is 1. The van der Waals surface area contributed by atoms with Crippen LogP contribution in [0.1, 0.15) is 30.0 Å². The molecule has 1 fully saturated rings. The van der Waals surface area contributed by atoms with Crippen molar-refractivity contribution in [1.29, 1.82) is 0 Å². The minimum absolute atomic E-state index is 0.185. The minimum Gasteiger partial charge on any atom is -0.470 e. The highest BCUT2D eigenvalue weighted by molar-refractivity contribution is 5.86. The molecule has 1 spiro atoms. The molecule has 1 atom stereocenters. The Bertz CT molecular complexity index is 1160. The summed E-state index contributed by atoms with van der Waals surface area (Å²) in [6.07, 6.45) is 4.40. The predicted molar refractivity (Wildman–Crippen MR) is 121 cm³/mol. The normalized spacial score (nSPS) is 23.9. The number of benzene rings is 3. The quantitative estimate of drug-likeness (QED) is 0.601. The maximum atomic E-state index is 6.74.